The summed E-state index contributed by atoms with van der Waals surface area (Å²) in [6, 6.07) is 3.88. The highest BCUT2D eigenvalue weighted by molar-refractivity contribution is 7.13. The van der Waals surface area contributed by atoms with Crippen molar-refractivity contribution in [1.82, 2.24) is 25.1 Å². The molecule has 0 spiro atoms. The van der Waals surface area contributed by atoms with Crippen LogP contribution in [0.2, 0.25) is 5.02 Å². The number of hydrogen-bond donors (Lipinski definition) is 2. The molecule has 4 heterocycles. The number of hydrogen-bond acceptors (Lipinski definition) is 8. The van der Waals surface area contributed by atoms with Crippen molar-refractivity contribution in [3.8, 4) is 22.2 Å². The molecule has 236 valence electrons. The van der Waals surface area contributed by atoms with Crippen LogP contribution in [-0.2, 0) is 9.59 Å². The molecule has 6 rings (SSSR count). The summed E-state index contributed by atoms with van der Waals surface area (Å²) in [5, 5.41) is 16.2. The Balaban J connectivity index is 1.35. The molecule has 0 unspecified atom stereocenters. The predicted molar refractivity (Wildman–Crippen MR) is 172 cm³/mol. The number of halogens is 1. The van der Waals surface area contributed by atoms with Gasteiger partial charge < -0.3 is 29.7 Å². The topological polar surface area (TPSA) is 134 Å². The predicted octanol–water partition coefficient (Wildman–Crippen LogP) is 5.24. The van der Waals surface area contributed by atoms with E-state index in [-0.39, 0.29) is 24.8 Å². The summed E-state index contributed by atoms with van der Waals surface area (Å²) in [5.41, 5.74) is 0.315. The minimum Gasteiger partial charge on any atom is -0.495 e. The maximum atomic E-state index is 13.7. The quantitative estimate of drug-likeness (QED) is 0.346. The second-order valence-corrected chi connectivity index (χ2v) is 12.8. The number of aliphatic carboxylic acids is 1. The highest BCUT2D eigenvalue weighted by atomic mass is 35.5. The van der Waals surface area contributed by atoms with Gasteiger partial charge >= 0.3 is 12.0 Å². The highest BCUT2D eigenvalue weighted by Crippen LogP contribution is 2.46. The lowest BCUT2D eigenvalue weighted by molar-refractivity contribution is -0.140. The van der Waals surface area contributed by atoms with Gasteiger partial charge in [-0.1, -0.05) is 30.3 Å². The lowest BCUT2D eigenvalue weighted by Gasteiger charge is -2.29. The van der Waals surface area contributed by atoms with Gasteiger partial charge in [0.15, 0.2) is 0 Å². The number of thiazole rings is 1. The number of carbonyl (C=O) groups excluding carboxylic acids is 2. The molecule has 3 amide bonds. The average molecular weight is 652 g/mol. The molecule has 1 saturated heterocycles. The van der Waals surface area contributed by atoms with Crippen molar-refractivity contribution in [2.45, 2.75) is 49.8 Å². The normalized spacial score (nSPS) is 25.3. The van der Waals surface area contributed by atoms with Crippen molar-refractivity contribution in [1.29, 1.82) is 0 Å². The molecule has 2 N–H and O–H groups in total. The lowest BCUT2D eigenvalue weighted by Crippen LogP contribution is -2.55. The summed E-state index contributed by atoms with van der Waals surface area (Å²) in [6.45, 7) is 4.41. The summed E-state index contributed by atoms with van der Waals surface area (Å²) in [5.74, 6) is -0.693. The Hall–Kier alpha value is -4.16. The number of carbonyl (C=O) groups is 3. The number of carboxylic acids is 1. The van der Waals surface area contributed by atoms with Gasteiger partial charge in [-0.25, -0.2) is 19.6 Å². The molecule has 1 aromatic carbocycles. The van der Waals surface area contributed by atoms with Crippen molar-refractivity contribution in [3.63, 3.8) is 0 Å². The first-order valence-electron chi connectivity index (χ1n) is 14.8. The Morgan fingerprint density at radius 2 is 2.09 bits per heavy atom. The Labute approximate surface area is 269 Å². The molecule has 0 bridgehead atoms. The van der Waals surface area contributed by atoms with E-state index in [9.17, 15) is 19.5 Å². The molecule has 2 fully saturated rings. The number of pyridine rings is 1. The zero-order chi connectivity index (χ0) is 31.9. The van der Waals surface area contributed by atoms with Gasteiger partial charge in [-0.05, 0) is 43.9 Å². The molecule has 3 aromatic rings. The zero-order valence-corrected chi connectivity index (χ0v) is 26.6. The number of ether oxygens (including phenoxy) is 2. The summed E-state index contributed by atoms with van der Waals surface area (Å²) >= 11 is 8.11. The van der Waals surface area contributed by atoms with E-state index in [1.807, 2.05) is 17.5 Å². The number of benzene rings is 1. The third kappa shape index (κ3) is 5.84. The van der Waals surface area contributed by atoms with Gasteiger partial charge in [0.2, 0.25) is 5.91 Å². The van der Waals surface area contributed by atoms with Crippen LogP contribution in [0.15, 0.2) is 42.3 Å². The van der Waals surface area contributed by atoms with E-state index in [1.165, 1.54) is 23.3 Å². The minimum absolute atomic E-state index is 0.0766. The molecular weight excluding hydrogens is 618 g/mol. The number of fused-ring (bicyclic) bond motifs is 3. The Morgan fingerprint density at radius 3 is 2.82 bits per heavy atom. The summed E-state index contributed by atoms with van der Waals surface area (Å²) in [4.78, 5) is 52.1. The van der Waals surface area contributed by atoms with Crippen molar-refractivity contribution >= 4 is 57.8 Å². The van der Waals surface area contributed by atoms with Gasteiger partial charge in [0.05, 0.1) is 24.9 Å². The van der Waals surface area contributed by atoms with Crippen LogP contribution >= 0.6 is 22.9 Å². The SMILES string of the molecule is C=Cc1csc(-c2cc(O[C@H]3C[C@H]4C(=O)N(C)CCCCC=C[C@@H]5C[C@@]5(C(=O)O)NC(=O)N4C3)c3ccc(OC)c(Cl)c3n2)n1. The molecule has 1 aliphatic carbocycles. The van der Waals surface area contributed by atoms with Gasteiger partial charge in [0, 0.05) is 42.8 Å². The third-order valence-electron chi connectivity index (χ3n) is 8.70. The number of allylic oxidation sites excluding steroid dienone is 1. The van der Waals surface area contributed by atoms with E-state index in [0.717, 1.165) is 19.3 Å². The monoisotopic (exact) mass is 651 g/mol. The van der Waals surface area contributed by atoms with Crippen LogP contribution in [0.3, 0.4) is 0 Å². The molecule has 3 aliphatic rings. The van der Waals surface area contributed by atoms with Crippen LogP contribution in [0, 0.1) is 5.92 Å². The van der Waals surface area contributed by atoms with Crippen molar-refractivity contribution in [3.05, 3.63) is 53.0 Å². The number of amides is 3. The summed E-state index contributed by atoms with van der Waals surface area (Å²) in [6.07, 6.45) is 7.89. The largest absolute Gasteiger partial charge is 0.495 e. The van der Waals surface area contributed by atoms with E-state index < -0.39 is 29.7 Å². The first-order chi connectivity index (χ1) is 21.6. The van der Waals surface area contributed by atoms with Crippen LogP contribution in [0.4, 0.5) is 4.79 Å². The summed E-state index contributed by atoms with van der Waals surface area (Å²) < 4.78 is 12.0. The van der Waals surface area contributed by atoms with Gasteiger partial charge in [-0.3, -0.25) is 4.79 Å². The van der Waals surface area contributed by atoms with Gasteiger partial charge in [-0.2, -0.15) is 0 Å². The van der Waals surface area contributed by atoms with E-state index >= 15 is 0 Å². The van der Waals surface area contributed by atoms with Gasteiger partial charge in [0.1, 0.15) is 44.9 Å². The standard InChI is InChI=1S/C32H34ClN5O6S/c1-4-19-17-45-28(34-19)22-14-25(21-10-11-24(43-3)26(33)27(21)35-22)44-20-13-23-29(39)37(2)12-8-6-5-7-9-18-15-32(18,30(40)41)36-31(42)38(23)16-20/h4,7,9-11,14,17-18,20,23H,1,5-6,8,12-13,15-16H2,2-3H3,(H,36,42)(H,40,41)/t18-,20+,23+,32-/m1/s1. The molecule has 2 aliphatic heterocycles. The fraction of sp³-hybridized carbons (Fsp3) is 0.406. The fourth-order valence-electron chi connectivity index (χ4n) is 6.05. The van der Waals surface area contributed by atoms with Crippen LogP contribution in [0.25, 0.3) is 27.7 Å². The number of aromatic nitrogens is 2. The number of nitrogens with zero attached hydrogens (tertiary/aromatic N) is 4. The second-order valence-electron chi connectivity index (χ2n) is 11.6. The van der Waals surface area contributed by atoms with Crippen molar-refractivity contribution in [2.75, 3.05) is 27.2 Å². The molecule has 1 saturated carbocycles. The Kier molecular flexibility index (Phi) is 8.45. The van der Waals surface area contributed by atoms with E-state index in [2.05, 4.69) is 16.9 Å². The molecular formula is C32H34ClN5O6S. The second kappa shape index (κ2) is 12.3. The Morgan fingerprint density at radius 1 is 1.27 bits per heavy atom. The first kappa shape index (κ1) is 30.8. The smallest absolute Gasteiger partial charge is 0.330 e. The number of methoxy groups -OCH3 is 1. The maximum absolute atomic E-state index is 13.7. The zero-order valence-electron chi connectivity index (χ0n) is 25.0. The van der Waals surface area contributed by atoms with E-state index in [4.69, 9.17) is 26.1 Å². The van der Waals surface area contributed by atoms with E-state index in [1.54, 1.807) is 36.2 Å². The number of nitrogens with one attached hydrogen (secondary N) is 1. The summed E-state index contributed by atoms with van der Waals surface area (Å²) in [7, 11) is 3.25. The van der Waals surface area contributed by atoms with E-state index in [0.29, 0.717) is 56.8 Å². The lowest BCUT2D eigenvalue weighted by atomic mass is 10.1. The number of rotatable bonds is 6. The van der Waals surface area contributed by atoms with Crippen LogP contribution in [0.5, 0.6) is 11.5 Å². The number of urea groups is 1. The van der Waals surface area contributed by atoms with Crippen molar-refractivity contribution < 1.29 is 29.0 Å². The fourth-order valence-corrected chi connectivity index (χ4v) is 7.10. The maximum Gasteiger partial charge on any atom is 0.330 e. The average Bonchev–Trinajstić information content (AvgIpc) is 3.33. The van der Waals surface area contributed by atoms with Crippen LogP contribution in [0.1, 0.15) is 37.8 Å². The minimum atomic E-state index is -1.39. The first-order valence-corrected chi connectivity index (χ1v) is 16.1. The molecule has 11 nitrogen and oxygen atoms in total. The van der Waals surface area contributed by atoms with Crippen LogP contribution < -0.4 is 14.8 Å². The highest BCUT2D eigenvalue weighted by Gasteiger charge is 2.61. The number of carboxylic acid groups (broad SMARTS) is 1. The Bertz CT molecular complexity index is 1710. The molecule has 0 radical (unpaired) electrons. The molecule has 45 heavy (non-hydrogen) atoms. The molecule has 4 atom stereocenters. The number of likely N-dealkylation sites (N-methyl/N-ethyl adjacent to an activating group) is 1. The van der Waals surface area contributed by atoms with Crippen LogP contribution in [-0.4, -0.2) is 87.7 Å². The third-order valence-corrected chi connectivity index (χ3v) is 9.95. The molecule has 2 aromatic heterocycles. The van der Waals surface area contributed by atoms with Crippen molar-refractivity contribution in [2.24, 2.45) is 5.92 Å². The van der Waals surface area contributed by atoms with Gasteiger partial charge in [0.25, 0.3) is 0 Å². The molecule has 13 heteroatoms. The van der Waals surface area contributed by atoms with Gasteiger partial charge in [-0.15, -0.1) is 11.3 Å².